The van der Waals surface area contributed by atoms with E-state index in [1.807, 2.05) is 24.3 Å². The molecule has 2 N–H and O–H groups in total. The fourth-order valence-corrected chi connectivity index (χ4v) is 1.43. The summed E-state index contributed by atoms with van der Waals surface area (Å²) in [6, 6.07) is 7.93. The SMILES string of the molecule is CN.FCCCc1ccc2ccoc2c1. The predicted molar refractivity (Wildman–Crippen MR) is 60.6 cm³/mol. The molecule has 0 aliphatic rings. The molecular weight excluding hydrogens is 193 g/mol. The molecule has 1 aromatic heterocycles. The van der Waals surface area contributed by atoms with Crippen molar-refractivity contribution in [3.05, 3.63) is 36.1 Å². The number of rotatable bonds is 3. The van der Waals surface area contributed by atoms with Gasteiger partial charge >= 0.3 is 0 Å². The Hall–Kier alpha value is -1.35. The zero-order valence-corrected chi connectivity index (χ0v) is 8.87. The maximum absolute atomic E-state index is 11.9. The molecule has 1 aromatic carbocycles. The van der Waals surface area contributed by atoms with Gasteiger partial charge in [-0.15, -0.1) is 0 Å². The van der Waals surface area contributed by atoms with Gasteiger partial charge in [0.05, 0.1) is 12.9 Å². The third-order valence-electron chi connectivity index (χ3n) is 2.12. The second kappa shape index (κ2) is 6.19. The third-order valence-corrected chi connectivity index (χ3v) is 2.12. The molecule has 0 amide bonds. The van der Waals surface area contributed by atoms with E-state index in [1.165, 1.54) is 7.05 Å². The summed E-state index contributed by atoms with van der Waals surface area (Å²) in [5, 5.41) is 1.10. The normalized spacial score (nSPS) is 9.80. The highest BCUT2D eigenvalue weighted by molar-refractivity contribution is 5.77. The first-order valence-corrected chi connectivity index (χ1v) is 5.00. The lowest BCUT2D eigenvalue weighted by Gasteiger charge is -1.97. The van der Waals surface area contributed by atoms with Gasteiger partial charge in [0.25, 0.3) is 0 Å². The van der Waals surface area contributed by atoms with Gasteiger partial charge in [0, 0.05) is 5.39 Å². The van der Waals surface area contributed by atoms with Gasteiger partial charge in [0.2, 0.25) is 0 Å². The first kappa shape index (κ1) is 11.7. The fourth-order valence-electron chi connectivity index (χ4n) is 1.43. The lowest BCUT2D eigenvalue weighted by atomic mass is 10.1. The monoisotopic (exact) mass is 209 g/mol. The summed E-state index contributed by atoms with van der Waals surface area (Å²) in [7, 11) is 1.50. The Morgan fingerprint density at radius 3 is 2.80 bits per heavy atom. The summed E-state index contributed by atoms with van der Waals surface area (Å²) in [6.45, 7) is -0.254. The van der Waals surface area contributed by atoms with Crippen LogP contribution < -0.4 is 5.73 Å². The van der Waals surface area contributed by atoms with Crippen LogP contribution in [0.15, 0.2) is 34.9 Å². The molecule has 0 radical (unpaired) electrons. The molecule has 0 bridgehead atoms. The molecule has 0 atom stereocenters. The quantitative estimate of drug-likeness (QED) is 0.844. The lowest BCUT2D eigenvalue weighted by molar-refractivity contribution is 0.473. The second-order valence-corrected chi connectivity index (χ2v) is 3.09. The Labute approximate surface area is 88.9 Å². The summed E-state index contributed by atoms with van der Waals surface area (Å²) in [5.41, 5.74) is 6.52. The van der Waals surface area contributed by atoms with Crippen LogP contribution in [0.1, 0.15) is 12.0 Å². The first-order valence-electron chi connectivity index (χ1n) is 5.00. The standard InChI is InChI=1S/C11H11FO.CH5N/c12-6-1-2-9-3-4-10-5-7-13-11(10)8-9;1-2/h3-5,7-8H,1-2,6H2;2H2,1H3. The third kappa shape index (κ3) is 3.06. The van der Waals surface area contributed by atoms with Crippen molar-refractivity contribution in [2.24, 2.45) is 5.73 Å². The van der Waals surface area contributed by atoms with Gasteiger partial charge in [-0.25, -0.2) is 0 Å². The Morgan fingerprint density at radius 2 is 2.07 bits per heavy atom. The number of aryl methyl sites for hydroxylation is 1. The summed E-state index contributed by atoms with van der Waals surface area (Å²) in [6.07, 6.45) is 3.04. The highest BCUT2D eigenvalue weighted by atomic mass is 19.1. The number of hydrogen-bond acceptors (Lipinski definition) is 2. The fraction of sp³-hybridized carbons (Fsp3) is 0.333. The molecule has 0 saturated heterocycles. The number of halogens is 1. The van der Waals surface area contributed by atoms with Crippen molar-refractivity contribution < 1.29 is 8.81 Å². The van der Waals surface area contributed by atoms with Crippen molar-refractivity contribution >= 4 is 11.0 Å². The van der Waals surface area contributed by atoms with E-state index >= 15 is 0 Å². The van der Waals surface area contributed by atoms with Crippen molar-refractivity contribution in [3.63, 3.8) is 0 Å². The van der Waals surface area contributed by atoms with E-state index in [0.29, 0.717) is 6.42 Å². The molecule has 2 aromatic rings. The number of benzene rings is 1. The zero-order chi connectivity index (χ0) is 11.1. The molecule has 0 aliphatic heterocycles. The molecule has 0 saturated carbocycles. The number of furan rings is 1. The second-order valence-electron chi connectivity index (χ2n) is 3.09. The van der Waals surface area contributed by atoms with Crippen molar-refractivity contribution in [1.82, 2.24) is 0 Å². The highest BCUT2D eigenvalue weighted by Gasteiger charge is 1.98. The summed E-state index contributed by atoms with van der Waals surface area (Å²) >= 11 is 0. The Bertz CT molecular complexity index is 397. The van der Waals surface area contributed by atoms with E-state index in [1.54, 1.807) is 6.26 Å². The smallest absolute Gasteiger partial charge is 0.134 e. The molecule has 0 fully saturated rings. The van der Waals surface area contributed by atoms with Crippen molar-refractivity contribution in [3.8, 4) is 0 Å². The van der Waals surface area contributed by atoms with Gasteiger partial charge in [0.1, 0.15) is 5.58 Å². The van der Waals surface area contributed by atoms with E-state index in [2.05, 4.69) is 5.73 Å². The molecular formula is C12H16FNO. The van der Waals surface area contributed by atoms with Crippen LogP contribution in [-0.2, 0) is 6.42 Å². The minimum Gasteiger partial charge on any atom is -0.464 e. The van der Waals surface area contributed by atoms with Crippen molar-refractivity contribution in [1.29, 1.82) is 0 Å². The van der Waals surface area contributed by atoms with Gasteiger partial charge in [-0.3, -0.25) is 4.39 Å². The topological polar surface area (TPSA) is 39.2 Å². The molecule has 0 spiro atoms. The maximum Gasteiger partial charge on any atom is 0.134 e. The molecule has 82 valence electrons. The highest BCUT2D eigenvalue weighted by Crippen LogP contribution is 2.17. The van der Waals surface area contributed by atoms with Gasteiger partial charge < -0.3 is 10.2 Å². The average Bonchev–Trinajstić information content (AvgIpc) is 2.76. The van der Waals surface area contributed by atoms with Crippen LogP contribution in [0.5, 0.6) is 0 Å². The number of alkyl halides is 1. The summed E-state index contributed by atoms with van der Waals surface area (Å²) < 4.78 is 17.2. The van der Waals surface area contributed by atoms with E-state index < -0.39 is 0 Å². The Morgan fingerprint density at radius 1 is 1.27 bits per heavy atom. The van der Waals surface area contributed by atoms with Gasteiger partial charge in [-0.05, 0) is 37.6 Å². The van der Waals surface area contributed by atoms with E-state index in [0.717, 1.165) is 23.0 Å². The molecule has 0 unspecified atom stereocenters. The van der Waals surface area contributed by atoms with Gasteiger partial charge in [-0.1, -0.05) is 12.1 Å². The predicted octanol–water partition coefficient (Wildman–Crippen LogP) is 2.91. The Balaban J connectivity index is 0.000000531. The van der Waals surface area contributed by atoms with Crippen LogP contribution in [0.25, 0.3) is 11.0 Å². The molecule has 15 heavy (non-hydrogen) atoms. The molecule has 3 heteroatoms. The number of hydrogen-bond donors (Lipinski definition) is 1. The first-order chi connectivity index (χ1) is 7.40. The number of nitrogens with two attached hydrogens (primary N) is 1. The summed E-state index contributed by atoms with van der Waals surface area (Å²) in [5.74, 6) is 0. The molecule has 1 heterocycles. The van der Waals surface area contributed by atoms with Crippen LogP contribution in [-0.4, -0.2) is 13.7 Å². The van der Waals surface area contributed by atoms with E-state index in [4.69, 9.17) is 4.42 Å². The Kier molecular flexibility index (Phi) is 4.84. The van der Waals surface area contributed by atoms with Crippen LogP contribution in [0.2, 0.25) is 0 Å². The molecule has 0 aliphatic carbocycles. The van der Waals surface area contributed by atoms with Crippen LogP contribution in [0.3, 0.4) is 0 Å². The zero-order valence-electron chi connectivity index (χ0n) is 8.87. The van der Waals surface area contributed by atoms with E-state index in [9.17, 15) is 4.39 Å². The van der Waals surface area contributed by atoms with Crippen molar-refractivity contribution in [2.75, 3.05) is 13.7 Å². The number of fused-ring (bicyclic) bond motifs is 1. The summed E-state index contributed by atoms with van der Waals surface area (Å²) in [4.78, 5) is 0. The van der Waals surface area contributed by atoms with E-state index in [-0.39, 0.29) is 6.67 Å². The van der Waals surface area contributed by atoms with Gasteiger partial charge in [-0.2, -0.15) is 0 Å². The maximum atomic E-state index is 11.9. The largest absolute Gasteiger partial charge is 0.464 e. The minimum absolute atomic E-state index is 0.254. The van der Waals surface area contributed by atoms with Crippen LogP contribution >= 0.6 is 0 Å². The molecule has 2 nitrogen and oxygen atoms in total. The molecule has 2 rings (SSSR count). The minimum atomic E-state index is -0.254. The lowest BCUT2D eigenvalue weighted by Crippen LogP contribution is -1.85. The van der Waals surface area contributed by atoms with Gasteiger partial charge in [0.15, 0.2) is 0 Å². The van der Waals surface area contributed by atoms with Crippen molar-refractivity contribution in [2.45, 2.75) is 12.8 Å². The average molecular weight is 209 g/mol. The van der Waals surface area contributed by atoms with Crippen LogP contribution in [0.4, 0.5) is 4.39 Å². The van der Waals surface area contributed by atoms with Crippen LogP contribution in [0, 0.1) is 0 Å².